The maximum atomic E-state index is 11.6. The number of thioether (sulfide) groups is 1. The van der Waals surface area contributed by atoms with E-state index in [4.69, 9.17) is 5.11 Å². The van der Waals surface area contributed by atoms with Crippen molar-refractivity contribution in [3.05, 3.63) is 0 Å². The quantitative estimate of drug-likeness (QED) is 0.748. The number of carboxylic acids is 1. The summed E-state index contributed by atoms with van der Waals surface area (Å²) in [6, 6.07) is -0.914. The summed E-state index contributed by atoms with van der Waals surface area (Å²) in [5.41, 5.74) is 0. The molecular weight excluding hydrogens is 216 g/mol. The number of amides is 2. The van der Waals surface area contributed by atoms with E-state index in [-0.39, 0.29) is 12.1 Å². The highest BCUT2D eigenvalue weighted by molar-refractivity contribution is 7.99. The minimum atomic E-state index is -1.02. The number of nitrogens with zero attached hydrogens (tertiary/aromatic N) is 1. The van der Waals surface area contributed by atoms with Crippen molar-refractivity contribution in [2.45, 2.75) is 25.4 Å². The number of carboxylic acid groups (broad SMARTS) is 1. The summed E-state index contributed by atoms with van der Waals surface area (Å²) in [4.78, 5) is 23.7. The Balaban J connectivity index is 2.41. The van der Waals surface area contributed by atoms with Gasteiger partial charge in [-0.05, 0) is 19.1 Å². The summed E-state index contributed by atoms with van der Waals surface area (Å²) in [5.74, 6) is 0.986. The Kier molecular flexibility index (Phi) is 4.26. The van der Waals surface area contributed by atoms with E-state index in [2.05, 4.69) is 5.32 Å². The maximum absolute atomic E-state index is 11.6. The highest BCUT2D eigenvalue weighted by Gasteiger charge is 2.25. The zero-order chi connectivity index (χ0) is 11.4. The fourth-order valence-corrected chi connectivity index (χ4v) is 2.61. The van der Waals surface area contributed by atoms with Crippen molar-refractivity contribution in [3.63, 3.8) is 0 Å². The van der Waals surface area contributed by atoms with Gasteiger partial charge in [0.1, 0.15) is 6.04 Å². The number of rotatable bonds is 3. The fraction of sp³-hybridized carbons (Fsp3) is 0.778. The van der Waals surface area contributed by atoms with Gasteiger partial charge in [0.2, 0.25) is 0 Å². The number of hydrogen-bond donors (Lipinski definition) is 2. The van der Waals surface area contributed by atoms with Crippen LogP contribution in [0.5, 0.6) is 0 Å². The lowest BCUT2D eigenvalue weighted by atomic mass is 10.2. The summed E-state index contributed by atoms with van der Waals surface area (Å²) in [5, 5.41) is 11.1. The van der Waals surface area contributed by atoms with Crippen LogP contribution < -0.4 is 5.32 Å². The molecule has 15 heavy (non-hydrogen) atoms. The Bertz CT molecular complexity index is 254. The maximum Gasteiger partial charge on any atom is 0.325 e. The smallest absolute Gasteiger partial charge is 0.325 e. The molecule has 2 atom stereocenters. The molecule has 0 aromatic rings. The third kappa shape index (κ3) is 3.30. The summed E-state index contributed by atoms with van der Waals surface area (Å²) in [6.07, 6.45) is 0.982. The third-order valence-electron chi connectivity index (χ3n) is 2.48. The zero-order valence-corrected chi connectivity index (χ0v) is 9.71. The Morgan fingerprint density at radius 3 is 2.73 bits per heavy atom. The van der Waals surface area contributed by atoms with Crippen molar-refractivity contribution in [2.24, 2.45) is 0 Å². The Hall–Kier alpha value is -0.910. The number of carbonyl (C=O) groups excluding carboxylic acids is 1. The van der Waals surface area contributed by atoms with Crippen LogP contribution in [-0.2, 0) is 4.79 Å². The number of urea groups is 1. The van der Waals surface area contributed by atoms with Crippen LogP contribution in [0.25, 0.3) is 0 Å². The van der Waals surface area contributed by atoms with Gasteiger partial charge in [-0.2, -0.15) is 11.8 Å². The molecule has 0 saturated carbocycles. The van der Waals surface area contributed by atoms with E-state index in [0.717, 1.165) is 17.9 Å². The molecule has 1 aliphatic rings. The average Bonchev–Trinajstić information content (AvgIpc) is 2.68. The third-order valence-corrected chi connectivity index (χ3v) is 3.63. The molecule has 1 aliphatic heterocycles. The van der Waals surface area contributed by atoms with Gasteiger partial charge >= 0.3 is 12.0 Å². The molecule has 5 nitrogen and oxygen atoms in total. The van der Waals surface area contributed by atoms with Gasteiger partial charge < -0.3 is 15.3 Å². The highest BCUT2D eigenvalue weighted by Crippen LogP contribution is 2.21. The van der Waals surface area contributed by atoms with Gasteiger partial charge in [0, 0.05) is 18.8 Å². The standard InChI is InChI=1S/C9H16N2O3S/c1-6(8(12)13)10-9(14)11(2)7-3-4-15-5-7/h6-7H,3-5H2,1-2H3,(H,10,14)(H,12,13)/t6-,7?/m1/s1. The molecule has 1 heterocycles. The summed E-state index contributed by atoms with van der Waals surface area (Å²) in [6.45, 7) is 1.46. The van der Waals surface area contributed by atoms with E-state index < -0.39 is 12.0 Å². The largest absolute Gasteiger partial charge is 0.480 e. The summed E-state index contributed by atoms with van der Waals surface area (Å²) < 4.78 is 0. The molecule has 1 fully saturated rings. The van der Waals surface area contributed by atoms with Gasteiger partial charge in [0.05, 0.1) is 0 Å². The monoisotopic (exact) mass is 232 g/mol. The van der Waals surface area contributed by atoms with Crippen molar-refractivity contribution in [2.75, 3.05) is 18.6 Å². The SMILES string of the molecule is C[C@@H](NC(=O)N(C)C1CCSC1)C(=O)O. The average molecular weight is 232 g/mol. The number of aliphatic carboxylic acids is 1. The van der Waals surface area contributed by atoms with Gasteiger partial charge in [-0.3, -0.25) is 4.79 Å². The molecule has 1 saturated heterocycles. The van der Waals surface area contributed by atoms with Crippen molar-refractivity contribution in [1.29, 1.82) is 0 Å². The predicted molar refractivity (Wildman–Crippen MR) is 59.1 cm³/mol. The molecule has 6 heteroatoms. The van der Waals surface area contributed by atoms with E-state index >= 15 is 0 Å². The van der Waals surface area contributed by atoms with E-state index in [1.807, 2.05) is 11.8 Å². The van der Waals surface area contributed by atoms with Gasteiger partial charge in [-0.1, -0.05) is 0 Å². The number of nitrogens with one attached hydrogen (secondary N) is 1. The Morgan fingerprint density at radius 1 is 1.60 bits per heavy atom. The summed E-state index contributed by atoms with van der Waals surface area (Å²) >= 11 is 1.82. The molecule has 0 aromatic carbocycles. The van der Waals surface area contributed by atoms with E-state index in [1.165, 1.54) is 6.92 Å². The number of carbonyl (C=O) groups is 2. The second kappa shape index (κ2) is 5.25. The molecule has 1 unspecified atom stereocenters. The first-order valence-electron chi connectivity index (χ1n) is 4.86. The lowest BCUT2D eigenvalue weighted by Gasteiger charge is -2.25. The van der Waals surface area contributed by atoms with E-state index in [9.17, 15) is 9.59 Å². The zero-order valence-electron chi connectivity index (χ0n) is 8.90. The topological polar surface area (TPSA) is 69.6 Å². The van der Waals surface area contributed by atoms with Crippen LogP contribution in [0.2, 0.25) is 0 Å². The number of hydrogen-bond acceptors (Lipinski definition) is 3. The van der Waals surface area contributed by atoms with Crippen LogP contribution in [0.15, 0.2) is 0 Å². The van der Waals surface area contributed by atoms with Gasteiger partial charge in [0.25, 0.3) is 0 Å². The lowest BCUT2D eigenvalue weighted by molar-refractivity contribution is -0.138. The lowest BCUT2D eigenvalue weighted by Crippen LogP contribution is -2.48. The van der Waals surface area contributed by atoms with Crippen LogP contribution in [0.4, 0.5) is 4.79 Å². The minimum Gasteiger partial charge on any atom is -0.480 e. The Labute approximate surface area is 93.2 Å². The summed E-state index contributed by atoms with van der Waals surface area (Å²) in [7, 11) is 1.71. The van der Waals surface area contributed by atoms with Crippen molar-refractivity contribution >= 4 is 23.8 Å². The molecule has 2 N–H and O–H groups in total. The molecule has 2 amide bonds. The molecular formula is C9H16N2O3S. The van der Waals surface area contributed by atoms with Gasteiger partial charge in [-0.15, -0.1) is 0 Å². The fourth-order valence-electron chi connectivity index (χ4n) is 1.34. The van der Waals surface area contributed by atoms with Crippen LogP contribution >= 0.6 is 11.8 Å². The molecule has 0 radical (unpaired) electrons. The van der Waals surface area contributed by atoms with Crippen molar-refractivity contribution in [1.82, 2.24) is 10.2 Å². The van der Waals surface area contributed by atoms with Crippen LogP contribution in [0.1, 0.15) is 13.3 Å². The first kappa shape index (κ1) is 12.2. The minimum absolute atomic E-state index is 0.232. The van der Waals surface area contributed by atoms with Crippen molar-refractivity contribution in [3.8, 4) is 0 Å². The second-order valence-electron chi connectivity index (χ2n) is 3.64. The highest BCUT2D eigenvalue weighted by atomic mass is 32.2. The molecule has 0 spiro atoms. The molecule has 0 bridgehead atoms. The molecule has 0 aliphatic carbocycles. The van der Waals surface area contributed by atoms with Gasteiger partial charge in [0.15, 0.2) is 0 Å². The Morgan fingerprint density at radius 2 is 2.27 bits per heavy atom. The predicted octanol–water partition coefficient (Wildman–Crippen LogP) is 0.606. The first-order chi connectivity index (χ1) is 7.02. The van der Waals surface area contributed by atoms with Gasteiger partial charge in [-0.25, -0.2) is 4.79 Å². The first-order valence-corrected chi connectivity index (χ1v) is 6.01. The van der Waals surface area contributed by atoms with E-state index in [0.29, 0.717) is 0 Å². The van der Waals surface area contributed by atoms with E-state index in [1.54, 1.807) is 11.9 Å². The molecule has 86 valence electrons. The van der Waals surface area contributed by atoms with Crippen molar-refractivity contribution < 1.29 is 14.7 Å². The molecule has 1 rings (SSSR count). The second-order valence-corrected chi connectivity index (χ2v) is 4.79. The normalized spacial score (nSPS) is 22.1. The molecule has 0 aromatic heterocycles. The van der Waals surface area contributed by atoms with Crippen LogP contribution in [-0.4, -0.2) is 52.6 Å². The van der Waals surface area contributed by atoms with Crippen LogP contribution in [0, 0.1) is 0 Å². The van der Waals surface area contributed by atoms with Crippen LogP contribution in [0.3, 0.4) is 0 Å².